The average molecular weight is 341 g/mol. The highest BCUT2D eigenvalue weighted by Gasteiger charge is 2.11. The Kier molecular flexibility index (Phi) is 3.44. The third kappa shape index (κ3) is 2.64. The van der Waals surface area contributed by atoms with Crippen molar-refractivity contribution in [3.05, 3.63) is 47.5 Å². The number of ether oxygens (including phenoxy) is 1. The molecule has 0 saturated carbocycles. The van der Waals surface area contributed by atoms with Gasteiger partial charge in [-0.3, -0.25) is 10.1 Å². The van der Waals surface area contributed by atoms with Crippen LogP contribution < -0.4 is 10.1 Å². The molecule has 0 saturated heterocycles. The Bertz CT molecular complexity index is 1020. The molecule has 2 aromatic carbocycles. The number of carbonyl (C=O) groups excluding carboxylic acids is 1. The second kappa shape index (κ2) is 5.60. The van der Waals surface area contributed by atoms with Gasteiger partial charge in [0.25, 0.3) is 5.91 Å². The molecule has 2 aromatic heterocycles. The van der Waals surface area contributed by atoms with Crippen LogP contribution in [0, 0.1) is 0 Å². The highest BCUT2D eigenvalue weighted by Crippen LogP contribution is 2.29. The average Bonchev–Trinajstić information content (AvgIpc) is 3.18. The minimum absolute atomic E-state index is 0.175. The zero-order valence-corrected chi connectivity index (χ0v) is 13.7. The van der Waals surface area contributed by atoms with E-state index in [-0.39, 0.29) is 5.91 Å². The Morgan fingerprint density at radius 1 is 1.13 bits per heavy atom. The Balaban J connectivity index is 1.62. The fourth-order valence-corrected chi connectivity index (χ4v) is 3.81. The molecule has 0 atom stereocenters. The standard InChI is InChI=1S/C16H11N3O2S2/c1-21-10-3-5-13-12(7-10)18-16(23-13)19-15(20)9-2-4-11-14(6-9)22-8-17-11/h2-8H,1H3,(H,18,19,20). The fourth-order valence-electron chi connectivity index (χ4n) is 2.25. The number of methoxy groups -OCH3 is 1. The number of benzene rings is 2. The van der Waals surface area contributed by atoms with Crippen molar-refractivity contribution in [3.63, 3.8) is 0 Å². The predicted octanol–water partition coefficient (Wildman–Crippen LogP) is 4.17. The SMILES string of the molecule is COc1ccc2sc(NC(=O)c3ccc4ncsc4c3)nc2c1. The first kappa shape index (κ1) is 14.1. The zero-order valence-electron chi connectivity index (χ0n) is 12.1. The van der Waals surface area contributed by atoms with Crippen LogP contribution in [0.5, 0.6) is 5.75 Å². The van der Waals surface area contributed by atoms with Gasteiger partial charge in [-0.05, 0) is 30.3 Å². The summed E-state index contributed by atoms with van der Waals surface area (Å²) in [7, 11) is 1.62. The molecule has 0 bridgehead atoms. The smallest absolute Gasteiger partial charge is 0.257 e. The maximum Gasteiger partial charge on any atom is 0.257 e. The molecule has 5 nitrogen and oxygen atoms in total. The number of hydrogen-bond donors (Lipinski definition) is 1. The summed E-state index contributed by atoms with van der Waals surface area (Å²) in [4.78, 5) is 21.0. The van der Waals surface area contributed by atoms with Crippen LogP contribution in [0.25, 0.3) is 20.4 Å². The van der Waals surface area contributed by atoms with Crippen LogP contribution in [0.4, 0.5) is 5.13 Å². The van der Waals surface area contributed by atoms with Crippen LogP contribution >= 0.6 is 22.7 Å². The minimum atomic E-state index is -0.175. The lowest BCUT2D eigenvalue weighted by atomic mass is 10.2. The molecule has 4 aromatic rings. The van der Waals surface area contributed by atoms with E-state index >= 15 is 0 Å². The number of nitrogens with zero attached hydrogens (tertiary/aromatic N) is 2. The summed E-state index contributed by atoms with van der Waals surface area (Å²) in [6.07, 6.45) is 0. The Labute approximate surface area is 139 Å². The molecule has 1 amide bonds. The number of thiazole rings is 2. The lowest BCUT2D eigenvalue weighted by molar-refractivity contribution is 0.102. The fraction of sp³-hybridized carbons (Fsp3) is 0.0625. The van der Waals surface area contributed by atoms with Gasteiger partial charge in [0.05, 0.1) is 33.1 Å². The van der Waals surface area contributed by atoms with Gasteiger partial charge < -0.3 is 4.74 Å². The molecule has 114 valence electrons. The van der Waals surface area contributed by atoms with E-state index < -0.39 is 0 Å². The normalized spacial score (nSPS) is 11.0. The Morgan fingerprint density at radius 3 is 2.91 bits per heavy atom. The summed E-state index contributed by atoms with van der Waals surface area (Å²) >= 11 is 2.95. The second-order valence-electron chi connectivity index (χ2n) is 4.84. The minimum Gasteiger partial charge on any atom is -0.497 e. The maximum absolute atomic E-state index is 12.4. The van der Waals surface area contributed by atoms with Gasteiger partial charge in [0.2, 0.25) is 0 Å². The molecule has 23 heavy (non-hydrogen) atoms. The lowest BCUT2D eigenvalue weighted by Gasteiger charge is -2.01. The van der Waals surface area contributed by atoms with Crippen LogP contribution in [-0.2, 0) is 0 Å². The number of hydrogen-bond acceptors (Lipinski definition) is 6. The van der Waals surface area contributed by atoms with Crippen LogP contribution in [0.3, 0.4) is 0 Å². The van der Waals surface area contributed by atoms with E-state index in [1.807, 2.05) is 30.3 Å². The number of fused-ring (bicyclic) bond motifs is 2. The molecule has 0 spiro atoms. The first-order valence-corrected chi connectivity index (χ1v) is 8.52. The summed E-state index contributed by atoms with van der Waals surface area (Å²) < 4.78 is 7.18. The quantitative estimate of drug-likeness (QED) is 0.607. The van der Waals surface area contributed by atoms with Gasteiger partial charge in [0, 0.05) is 11.6 Å². The summed E-state index contributed by atoms with van der Waals surface area (Å²) in [6, 6.07) is 11.1. The van der Waals surface area contributed by atoms with E-state index in [1.54, 1.807) is 18.7 Å². The van der Waals surface area contributed by atoms with Gasteiger partial charge >= 0.3 is 0 Å². The number of aromatic nitrogens is 2. The predicted molar refractivity (Wildman–Crippen MR) is 93.7 cm³/mol. The van der Waals surface area contributed by atoms with Crippen molar-refractivity contribution < 1.29 is 9.53 Å². The van der Waals surface area contributed by atoms with Crippen molar-refractivity contribution in [1.29, 1.82) is 0 Å². The van der Waals surface area contributed by atoms with E-state index in [4.69, 9.17) is 4.74 Å². The molecule has 0 aliphatic heterocycles. The third-order valence-corrected chi connectivity index (χ3v) is 5.15. The van der Waals surface area contributed by atoms with Crippen molar-refractivity contribution >= 4 is 54.1 Å². The molecule has 4 rings (SSSR count). The van der Waals surface area contributed by atoms with E-state index in [2.05, 4.69) is 15.3 Å². The largest absolute Gasteiger partial charge is 0.497 e. The van der Waals surface area contributed by atoms with Gasteiger partial charge in [-0.2, -0.15) is 0 Å². The summed E-state index contributed by atoms with van der Waals surface area (Å²) in [5.74, 6) is 0.572. The molecular weight excluding hydrogens is 330 g/mol. The molecule has 2 heterocycles. The van der Waals surface area contributed by atoms with Crippen LogP contribution in [-0.4, -0.2) is 23.0 Å². The topological polar surface area (TPSA) is 64.1 Å². The molecule has 0 radical (unpaired) electrons. The van der Waals surface area contributed by atoms with Gasteiger partial charge in [-0.1, -0.05) is 11.3 Å². The zero-order chi connectivity index (χ0) is 15.8. The molecular formula is C16H11N3O2S2. The Hall–Kier alpha value is -2.51. The van der Waals surface area contributed by atoms with Crippen molar-refractivity contribution in [2.75, 3.05) is 12.4 Å². The molecule has 0 fully saturated rings. The first-order valence-electron chi connectivity index (χ1n) is 6.82. The molecule has 0 aliphatic carbocycles. The van der Waals surface area contributed by atoms with E-state index in [1.165, 1.54) is 22.7 Å². The number of anilines is 1. The first-order chi connectivity index (χ1) is 11.2. The van der Waals surface area contributed by atoms with Gasteiger partial charge in [-0.15, -0.1) is 11.3 Å². The monoisotopic (exact) mass is 341 g/mol. The van der Waals surface area contributed by atoms with Gasteiger partial charge in [0.1, 0.15) is 5.75 Å². The molecule has 7 heteroatoms. The summed E-state index contributed by atoms with van der Waals surface area (Å²) in [5.41, 5.74) is 4.08. The van der Waals surface area contributed by atoms with Crippen LogP contribution in [0.2, 0.25) is 0 Å². The van der Waals surface area contributed by atoms with Gasteiger partial charge in [-0.25, -0.2) is 9.97 Å². The third-order valence-electron chi connectivity index (χ3n) is 3.41. The van der Waals surface area contributed by atoms with E-state index in [0.717, 1.165) is 26.2 Å². The number of amides is 1. The summed E-state index contributed by atoms with van der Waals surface area (Å²) in [6.45, 7) is 0. The highest BCUT2D eigenvalue weighted by molar-refractivity contribution is 7.22. The van der Waals surface area contributed by atoms with E-state index in [9.17, 15) is 4.79 Å². The second-order valence-corrected chi connectivity index (χ2v) is 6.76. The Morgan fingerprint density at radius 2 is 2.04 bits per heavy atom. The highest BCUT2D eigenvalue weighted by atomic mass is 32.1. The van der Waals surface area contributed by atoms with Crippen LogP contribution in [0.15, 0.2) is 41.9 Å². The van der Waals surface area contributed by atoms with Crippen LogP contribution in [0.1, 0.15) is 10.4 Å². The molecule has 0 unspecified atom stereocenters. The van der Waals surface area contributed by atoms with E-state index in [0.29, 0.717) is 10.7 Å². The van der Waals surface area contributed by atoms with Crippen molar-refractivity contribution in [3.8, 4) is 5.75 Å². The van der Waals surface area contributed by atoms with Crippen molar-refractivity contribution in [2.24, 2.45) is 0 Å². The number of nitrogens with one attached hydrogen (secondary N) is 1. The summed E-state index contributed by atoms with van der Waals surface area (Å²) in [5, 5.41) is 3.43. The molecule has 1 N–H and O–H groups in total. The van der Waals surface area contributed by atoms with Gasteiger partial charge in [0.15, 0.2) is 5.13 Å². The molecule has 0 aliphatic rings. The van der Waals surface area contributed by atoms with Crippen molar-refractivity contribution in [2.45, 2.75) is 0 Å². The number of carbonyl (C=O) groups is 1. The maximum atomic E-state index is 12.4. The van der Waals surface area contributed by atoms with Crippen molar-refractivity contribution in [1.82, 2.24) is 9.97 Å². The lowest BCUT2D eigenvalue weighted by Crippen LogP contribution is -2.11. The number of rotatable bonds is 3.